The van der Waals surface area contributed by atoms with E-state index in [-0.39, 0.29) is 5.91 Å². The summed E-state index contributed by atoms with van der Waals surface area (Å²) in [6.45, 7) is 5.84. The van der Waals surface area contributed by atoms with Crippen LogP contribution in [-0.2, 0) is 13.2 Å². The van der Waals surface area contributed by atoms with Gasteiger partial charge in [0.1, 0.15) is 12.4 Å². The number of rotatable bonds is 7. The van der Waals surface area contributed by atoms with E-state index in [9.17, 15) is 4.79 Å². The van der Waals surface area contributed by atoms with Gasteiger partial charge >= 0.3 is 0 Å². The molecule has 1 heterocycles. The van der Waals surface area contributed by atoms with E-state index in [2.05, 4.69) is 34.3 Å². The van der Waals surface area contributed by atoms with Crippen molar-refractivity contribution in [3.63, 3.8) is 0 Å². The normalized spacial score (nSPS) is 14.9. The number of likely N-dealkylation sites (N-methyl/N-ethyl adjacent to an activating group) is 1. The average Bonchev–Trinajstić information content (AvgIpc) is 2.81. The van der Waals surface area contributed by atoms with Crippen LogP contribution < -0.4 is 10.1 Å². The van der Waals surface area contributed by atoms with Crippen LogP contribution in [-0.4, -0.2) is 48.9 Å². The van der Waals surface area contributed by atoms with Crippen molar-refractivity contribution in [2.75, 3.05) is 38.5 Å². The summed E-state index contributed by atoms with van der Waals surface area (Å²) in [5.41, 5.74) is 3.72. The molecule has 0 radical (unpaired) electrons. The predicted molar refractivity (Wildman–Crippen MR) is 124 cm³/mol. The second-order valence-electron chi connectivity index (χ2n) is 8.03. The fraction of sp³-hybridized carbons (Fsp3) is 0.269. The lowest BCUT2D eigenvalue weighted by molar-refractivity contribution is 0.102. The Morgan fingerprint density at radius 2 is 1.61 bits per heavy atom. The second kappa shape index (κ2) is 10.2. The van der Waals surface area contributed by atoms with Crippen LogP contribution in [0.5, 0.6) is 5.75 Å². The zero-order chi connectivity index (χ0) is 21.5. The number of carbonyl (C=O) groups excluding carboxylic acids is 1. The number of hydrogen-bond acceptors (Lipinski definition) is 4. The van der Waals surface area contributed by atoms with Gasteiger partial charge in [-0.3, -0.25) is 9.69 Å². The molecule has 3 aromatic carbocycles. The lowest BCUT2D eigenvalue weighted by Gasteiger charge is -2.32. The Kier molecular flexibility index (Phi) is 6.97. The van der Waals surface area contributed by atoms with Crippen molar-refractivity contribution in [1.29, 1.82) is 0 Å². The Labute approximate surface area is 184 Å². The molecular weight excluding hydrogens is 386 g/mol. The maximum Gasteiger partial charge on any atom is 0.255 e. The third kappa shape index (κ3) is 6.17. The van der Waals surface area contributed by atoms with Crippen molar-refractivity contribution >= 4 is 11.6 Å². The van der Waals surface area contributed by atoms with E-state index in [0.29, 0.717) is 17.9 Å². The summed E-state index contributed by atoms with van der Waals surface area (Å²) in [5.74, 6) is 0.538. The summed E-state index contributed by atoms with van der Waals surface area (Å²) < 4.78 is 5.84. The van der Waals surface area contributed by atoms with E-state index < -0.39 is 0 Å². The van der Waals surface area contributed by atoms with Crippen LogP contribution in [0.15, 0.2) is 78.9 Å². The Bertz CT molecular complexity index is 981. The van der Waals surface area contributed by atoms with Gasteiger partial charge in [0, 0.05) is 44.0 Å². The first kappa shape index (κ1) is 21.1. The molecular formula is C26H29N3O2. The molecule has 1 aliphatic rings. The molecule has 0 saturated carbocycles. The highest BCUT2D eigenvalue weighted by atomic mass is 16.5. The fourth-order valence-electron chi connectivity index (χ4n) is 3.63. The highest BCUT2D eigenvalue weighted by molar-refractivity contribution is 6.04. The van der Waals surface area contributed by atoms with Crippen LogP contribution in [0.4, 0.5) is 5.69 Å². The molecule has 5 nitrogen and oxygen atoms in total. The molecule has 160 valence electrons. The first-order valence-electron chi connectivity index (χ1n) is 10.7. The minimum absolute atomic E-state index is 0.142. The van der Waals surface area contributed by atoms with Crippen molar-refractivity contribution in [3.05, 3.63) is 95.6 Å². The van der Waals surface area contributed by atoms with Crippen molar-refractivity contribution in [3.8, 4) is 5.75 Å². The van der Waals surface area contributed by atoms with Gasteiger partial charge in [-0.1, -0.05) is 48.5 Å². The van der Waals surface area contributed by atoms with Crippen LogP contribution in [0.3, 0.4) is 0 Å². The average molecular weight is 416 g/mol. The fourth-order valence-corrected chi connectivity index (χ4v) is 3.63. The molecule has 1 amide bonds. The molecule has 1 fully saturated rings. The molecule has 0 bridgehead atoms. The Balaban J connectivity index is 1.31. The van der Waals surface area contributed by atoms with E-state index in [1.54, 1.807) is 12.1 Å². The molecule has 0 aliphatic carbocycles. The first-order valence-corrected chi connectivity index (χ1v) is 10.7. The highest BCUT2D eigenvalue weighted by Gasteiger charge is 2.14. The molecule has 1 saturated heterocycles. The number of hydrogen-bond donors (Lipinski definition) is 1. The number of amides is 1. The summed E-state index contributed by atoms with van der Waals surface area (Å²) >= 11 is 0. The Morgan fingerprint density at radius 1 is 0.871 bits per heavy atom. The quantitative estimate of drug-likeness (QED) is 0.626. The Hall–Kier alpha value is -3.15. The molecule has 31 heavy (non-hydrogen) atoms. The number of nitrogens with one attached hydrogen (secondary N) is 1. The van der Waals surface area contributed by atoms with Crippen molar-refractivity contribution in [2.45, 2.75) is 13.2 Å². The van der Waals surface area contributed by atoms with Crippen molar-refractivity contribution < 1.29 is 9.53 Å². The first-order chi connectivity index (χ1) is 15.2. The number of nitrogens with zero attached hydrogens (tertiary/aromatic N) is 2. The van der Waals surface area contributed by atoms with Gasteiger partial charge in [-0.25, -0.2) is 0 Å². The monoisotopic (exact) mass is 415 g/mol. The van der Waals surface area contributed by atoms with E-state index in [4.69, 9.17) is 4.74 Å². The zero-order valence-corrected chi connectivity index (χ0v) is 18.0. The van der Waals surface area contributed by atoms with Gasteiger partial charge in [0.2, 0.25) is 0 Å². The van der Waals surface area contributed by atoms with Gasteiger partial charge in [0.05, 0.1) is 0 Å². The van der Waals surface area contributed by atoms with E-state index in [0.717, 1.165) is 44.0 Å². The van der Waals surface area contributed by atoms with E-state index in [1.165, 1.54) is 5.56 Å². The summed E-state index contributed by atoms with van der Waals surface area (Å²) in [5, 5.41) is 2.98. The molecule has 4 rings (SSSR count). The number of benzene rings is 3. The molecule has 0 unspecified atom stereocenters. The van der Waals surface area contributed by atoms with E-state index in [1.807, 2.05) is 54.6 Å². The molecule has 0 atom stereocenters. The SMILES string of the molecule is CN1CCN(Cc2ccc(NC(=O)c3cccc(OCc4ccccc4)c3)cc2)CC1. The van der Waals surface area contributed by atoms with E-state index >= 15 is 0 Å². The standard InChI is InChI=1S/C26H29N3O2/c1-28-14-16-29(17-15-28)19-21-10-12-24(13-11-21)27-26(30)23-8-5-9-25(18-23)31-20-22-6-3-2-4-7-22/h2-13,18H,14-17,19-20H2,1H3,(H,27,30). The summed E-state index contributed by atoms with van der Waals surface area (Å²) in [6.07, 6.45) is 0. The van der Waals surface area contributed by atoms with Gasteiger partial charge < -0.3 is 15.0 Å². The smallest absolute Gasteiger partial charge is 0.255 e. The number of ether oxygens (including phenoxy) is 1. The van der Waals surface area contributed by atoms with Crippen LogP contribution in [0.2, 0.25) is 0 Å². The second-order valence-corrected chi connectivity index (χ2v) is 8.03. The molecule has 0 spiro atoms. The molecule has 3 aromatic rings. The number of carbonyl (C=O) groups is 1. The molecule has 1 aliphatic heterocycles. The van der Waals surface area contributed by atoms with Crippen LogP contribution in [0.1, 0.15) is 21.5 Å². The highest BCUT2D eigenvalue weighted by Crippen LogP contribution is 2.18. The van der Waals surface area contributed by atoms with Gasteiger partial charge in [0.25, 0.3) is 5.91 Å². The van der Waals surface area contributed by atoms with Gasteiger partial charge in [-0.2, -0.15) is 0 Å². The molecule has 1 N–H and O–H groups in total. The van der Waals surface area contributed by atoms with Crippen molar-refractivity contribution in [2.24, 2.45) is 0 Å². The zero-order valence-electron chi connectivity index (χ0n) is 18.0. The number of piperazine rings is 1. The molecule has 0 aromatic heterocycles. The topological polar surface area (TPSA) is 44.8 Å². The Morgan fingerprint density at radius 3 is 2.35 bits per heavy atom. The van der Waals surface area contributed by atoms with Gasteiger partial charge in [0.15, 0.2) is 0 Å². The van der Waals surface area contributed by atoms with Gasteiger partial charge in [-0.05, 0) is 48.5 Å². The summed E-state index contributed by atoms with van der Waals surface area (Å²) in [7, 11) is 2.17. The third-order valence-electron chi connectivity index (χ3n) is 5.56. The maximum atomic E-state index is 12.7. The minimum Gasteiger partial charge on any atom is -0.489 e. The van der Waals surface area contributed by atoms with Gasteiger partial charge in [-0.15, -0.1) is 0 Å². The van der Waals surface area contributed by atoms with Crippen LogP contribution in [0.25, 0.3) is 0 Å². The van der Waals surface area contributed by atoms with Crippen LogP contribution >= 0.6 is 0 Å². The lowest BCUT2D eigenvalue weighted by Crippen LogP contribution is -2.43. The van der Waals surface area contributed by atoms with Crippen molar-refractivity contribution in [1.82, 2.24) is 9.80 Å². The largest absolute Gasteiger partial charge is 0.489 e. The summed E-state index contributed by atoms with van der Waals surface area (Å²) in [4.78, 5) is 17.5. The number of anilines is 1. The maximum absolute atomic E-state index is 12.7. The lowest BCUT2D eigenvalue weighted by atomic mass is 10.1. The predicted octanol–water partition coefficient (Wildman–Crippen LogP) is 4.27. The third-order valence-corrected chi connectivity index (χ3v) is 5.56. The summed E-state index contributed by atoms with van der Waals surface area (Å²) in [6, 6.07) is 25.4. The molecule has 5 heteroatoms. The van der Waals surface area contributed by atoms with Crippen LogP contribution in [0, 0.1) is 0 Å². The minimum atomic E-state index is -0.142.